The monoisotopic (exact) mass is 224 g/mol. The Morgan fingerprint density at radius 2 is 2.12 bits per heavy atom. The maximum Gasteiger partial charge on any atom is 0.0700 e. The third-order valence-corrected chi connectivity index (χ3v) is 2.13. The first kappa shape index (κ1) is 13.1. The Hall–Kier alpha value is -0.970. The van der Waals surface area contributed by atoms with Gasteiger partial charge in [-0.25, -0.2) is 0 Å². The molecule has 1 N–H and O–H groups in total. The van der Waals surface area contributed by atoms with Crippen LogP contribution < -0.4 is 5.32 Å². The zero-order valence-corrected chi connectivity index (χ0v) is 10.0. The molecule has 90 valence electrons. The number of methoxy groups -OCH3 is 1. The highest BCUT2D eigenvalue weighted by Gasteiger charge is 1.93. The molecule has 4 nitrogen and oxygen atoms in total. The van der Waals surface area contributed by atoms with Crippen molar-refractivity contribution in [1.29, 1.82) is 0 Å². The van der Waals surface area contributed by atoms with Crippen LogP contribution in [-0.4, -0.2) is 38.5 Å². The maximum absolute atomic E-state index is 5.32. The van der Waals surface area contributed by atoms with Gasteiger partial charge in [-0.1, -0.05) is 6.07 Å². The van der Waals surface area contributed by atoms with Crippen LogP contribution in [0.3, 0.4) is 0 Å². The van der Waals surface area contributed by atoms with Crippen molar-refractivity contribution in [2.45, 2.75) is 13.5 Å². The summed E-state index contributed by atoms with van der Waals surface area (Å²) < 4.78 is 10.2. The van der Waals surface area contributed by atoms with Gasteiger partial charge in [0.05, 0.1) is 25.5 Å². The molecule has 0 atom stereocenters. The molecule has 0 radical (unpaired) electrons. The van der Waals surface area contributed by atoms with Crippen LogP contribution in [0.1, 0.15) is 11.3 Å². The lowest BCUT2D eigenvalue weighted by Gasteiger charge is -2.05. The summed E-state index contributed by atoms with van der Waals surface area (Å²) in [6.07, 6.45) is 1.88. The summed E-state index contributed by atoms with van der Waals surface area (Å²) in [4.78, 5) is 4.30. The average molecular weight is 224 g/mol. The molecule has 0 aliphatic carbocycles. The first-order valence-electron chi connectivity index (χ1n) is 5.52. The summed E-state index contributed by atoms with van der Waals surface area (Å²) >= 11 is 0. The molecule has 0 saturated heterocycles. The molecule has 0 spiro atoms. The molecule has 0 saturated carbocycles. The molecule has 1 aromatic heterocycles. The van der Waals surface area contributed by atoms with E-state index >= 15 is 0 Å². The van der Waals surface area contributed by atoms with Gasteiger partial charge in [0, 0.05) is 26.4 Å². The molecule has 1 rings (SSSR count). The Labute approximate surface area is 97.0 Å². The number of hydrogen-bond acceptors (Lipinski definition) is 4. The fraction of sp³-hybridized carbons (Fsp3) is 0.583. The second kappa shape index (κ2) is 8.21. The largest absolute Gasteiger partial charge is 0.382 e. The molecule has 16 heavy (non-hydrogen) atoms. The fourth-order valence-corrected chi connectivity index (χ4v) is 1.21. The second-order valence-electron chi connectivity index (χ2n) is 3.61. The predicted octanol–water partition coefficient (Wildman–Crippen LogP) is 1.14. The molecule has 0 amide bonds. The predicted molar refractivity (Wildman–Crippen MR) is 63.4 cm³/mol. The Balaban J connectivity index is 2.01. The first-order valence-corrected chi connectivity index (χ1v) is 5.52. The number of hydrogen-bond donors (Lipinski definition) is 1. The molecule has 0 aliphatic heterocycles. The Morgan fingerprint density at radius 3 is 2.81 bits per heavy atom. The van der Waals surface area contributed by atoms with Gasteiger partial charge in [-0.2, -0.15) is 0 Å². The van der Waals surface area contributed by atoms with Crippen molar-refractivity contribution in [3.8, 4) is 0 Å². The van der Waals surface area contributed by atoms with Crippen molar-refractivity contribution in [2.75, 3.05) is 33.5 Å². The fourth-order valence-electron chi connectivity index (χ4n) is 1.21. The minimum absolute atomic E-state index is 0.652. The van der Waals surface area contributed by atoms with E-state index in [2.05, 4.69) is 16.4 Å². The minimum atomic E-state index is 0.652. The van der Waals surface area contributed by atoms with Crippen LogP contribution in [0.4, 0.5) is 0 Å². The summed E-state index contributed by atoms with van der Waals surface area (Å²) in [5.74, 6) is 0. The summed E-state index contributed by atoms with van der Waals surface area (Å²) in [5, 5.41) is 3.27. The van der Waals surface area contributed by atoms with E-state index in [1.165, 1.54) is 5.56 Å². The van der Waals surface area contributed by atoms with E-state index in [1.54, 1.807) is 7.11 Å². The van der Waals surface area contributed by atoms with E-state index in [1.807, 2.05) is 19.2 Å². The minimum Gasteiger partial charge on any atom is -0.382 e. The Morgan fingerprint density at radius 1 is 1.25 bits per heavy atom. The lowest BCUT2D eigenvalue weighted by Crippen LogP contribution is -2.20. The van der Waals surface area contributed by atoms with Crippen molar-refractivity contribution < 1.29 is 9.47 Å². The highest BCUT2D eigenvalue weighted by atomic mass is 16.5. The van der Waals surface area contributed by atoms with E-state index in [9.17, 15) is 0 Å². The van der Waals surface area contributed by atoms with Gasteiger partial charge in [-0.3, -0.25) is 4.98 Å². The number of nitrogens with zero attached hydrogens (tertiary/aromatic N) is 1. The molecule has 0 aliphatic rings. The van der Waals surface area contributed by atoms with Gasteiger partial charge in [0.25, 0.3) is 0 Å². The number of ether oxygens (including phenoxy) is 2. The van der Waals surface area contributed by atoms with Crippen molar-refractivity contribution in [3.05, 3.63) is 29.6 Å². The van der Waals surface area contributed by atoms with Gasteiger partial charge in [-0.05, 0) is 18.6 Å². The van der Waals surface area contributed by atoms with Crippen LogP contribution in [0, 0.1) is 6.92 Å². The van der Waals surface area contributed by atoms with Gasteiger partial charge in [-0.15, -0.1) is 0 Å². The smallest absolute Gasteiger partial charge is 0.0700 e. The highest BCUT2D eigenvalue weighted by molar-refractivity contribution is 5.11. The molecule has 0 bridgehead atoms. The van der Waals surface area contributed by atoms with Crippen molar-refractivity contribution >= 4 is 0 Å². The molecular formula is C12H20N2O2. The third kappa shape index (κ3) is 5.80. The van der Waals surface area contributed by atoms with Crippen LogP contribution >= 0.6 is 0 Å². The Bertz CT molecular complexity index is 275. The first-order chi connectivity index (χ1) is 7.83. The summed E-state index contributed by atoms with van der Waals surface area (Å²) in [5.41, 5.74) is 2.24. The standard InChI is InChI=1S/C12H20N2O2/c1-11-3-4-12(14-9-11)10-13-5-6-16-8-7-15-2/h3-4,9,13H,5-8,10H2,1-2H3. The lowest BCUT2D eigenvalue weighted by molar-refractivity contribution is 0.0719. The summed E-state index contributed by atoms with van der Waals surface area (Å²) in [6, 6.07) is 4.10. The van der Waals surface area contributed by atoms with E-state index in [0.29, 0.717) is 19.8 Å². The summed E-state index contributed by atoms with van der Waals surface area (Å²) in [6.45, 7) is 5.66. The Kier molecular flexibility index (Phi) is 6.72. The van der Waals surface area contributed by atoms with Crippen LogP contribution in [0.5, 0.6) is 0 Å². The zero-order chi connectivity index (χ0) is 11.6. The zero-order valence-electron chi connectivity index (χ0n) is 10.0. The molecule has 1 aromatic rings. The normalized spacial score (nSPS) is 10.6. The number of aryl methyl sites for hydroxylation is 1. The lowest BCUT2D eigenvalue weighted by atomic mass is 10.3. The summed E-state index contributed by atoms with van der Waals surface area (Å²) in [7, 11) is 1.67. The number of rotatable bonds is 8. The maximum atomic E-state index is 5.32. The molecular weight excluding hydrogens is 204 g/mol. The average Bonchev–Trinajstić information content (AvgIpc) is 2.30. The van der Waals surface area contributed by atoms with Gasteiger partial charge >= 0.3 is 0 Å². The molecule has 1 heterocycles. The van der Waals surface area contributed by atoms with Crippen molar-refractivity contribution in [3.63, 3.8) is 0 Å². The van der Waals surface area contributed by atoms with E-state index in [0.717, 1.165) is 18.8 Å². The number of aromatic nitrogens is 1. The molecule has 0 aromatic carbocycles. The van der Waals surface area contributed by atoms with Crippen molar-refractivity contribution in [2.24, 2.45) is 0 Å². The van der Waals surface area contributed by atoms with Crippen LogP contribution in [0.2, 0.25) is 0 Å². The molecule has 0 fully saturated rings. The SMILES string of the molecule is COCCOCCNCc1ccc(C)cn1. The van der Waals surface area contributed by atoms with Crippen LogP contribution in [0.15, 0.2) is 18.3 Å². The van der Waals surface area contributed by atoms with Crippen LogP contribution in [-0.2, 0) is 16.0 Å². The number of pyridine rings is 1. The van der Waals surface area contributed by atoms with E-state index in [4.69, 9.17) is 9.47 Å². The molecule has 0 unspecified atom stereocenters. The van der Waals surface area contributed by atoms with Gasteiger partial charge in [0.15, 0.2) is 0 Å². The van der Waals surface area contributed by atoms with Crippen LogP contribution in [0.25, 0.3) is 0 Å². The van der Waals surface area contributed by atoms with E-state index in [-0.39, 0.29) is 0 Å². The highest BCUT2D eigenvalue weighted by Crippen LogP contribution is 1.97. The third-order valence-electron chi connectivity index (χ3n) is 2.13. The quantitative estimate of drug-likeness (QED) is 0.673. The van der Waals surface area contributed by atoms with E-state index < -0.39 is 0 Å². The second-order valence-corrected chi connectivity index (χ2v) is 3.61. The van der Waals surface area contributed by atoms with Gasteiger partial charge in [0.2, 0.25) is 0 Å². The van der Waals surface area contributed by atoms with Gasteiger partial charge < -0.3 is 14.8 Å². The topological polar surface area (TPSA) is 43.4 Å². The number of nitrogens with one attached hydrogen (secondary N) is 1. The molecule has 4 heteroatoms. The van der Waals surface area contributed by atoms with Crippen molar-refractivity contribution in [1.82, 2.24) is 10.3 Å². The van der Waals surface area contributed by atoms with Gasteiger partial charge in [0.1, 0.15) is 0 Å².